The molecule has 3 aromatic rings. The molecule has 0 spiro atoms. The number of aromatic carboxylic acids is 1. The second-order valence-corrected chi connectivity index (χ2v) is 8.34. The summed E-state index contributed by atoms with van der Waals surface area (Å²) in [4.78, 5) is 11.3. The van der Waals surface area contributed by atoms with E-state index in [1.807, 2.05) is 18.2 Å². The summed E-state index contributed by atoms with van der Waals surface area (Å²) in [5.74, 6) is -2.02. The number of hydrogen-bond acceptors (Lipinski definition) is 3. The fourth-order valence-corrected chi connectivity index (χ4v) is 4.19. The molecule has 0 radical (unpaired) electrons. The van der Waals surface area contributed by atoms with Crippen molar-refractivity contribution in [3.63, 3.8) is 0 Å². The van der Waals surface area contributed by atoms with E-state index in [9.17, 15) is 19.4 Å². The lowest BCUT2D eigenvalue weighted by Gasteiger charge is -2.27. The van der Waals surface area contributed by atoms with Gasteiger partial charge in [-0.3, -0.25) is 0 Å². The zero-order valence-corrected chi connectivity index (χ0v) is 17.6. The molecule has 31 heavy (non-hydrogen) atoms. The van der Waals surface area contributed by atoms with E-state index in [4.69, 9.17) is 11.6 Å². The zero-order chi connectivity index (χ0) is 22.0. The van der Waals surface area contributed by atoms with Crippen molar-refractivity contribution < 1.29 is 19.4 Å². The smallest absolute Gasteiger partial charge is 0.338 e. The predicted molar refractivity (Wildman–Crippen MR) is 119 cm³/mol. The van der Waals surface area contributed by atoms with E-state index in [-0.39, 0.29) is 11.6 Å². The van der Waals surface area contributed by atoms with Gasteiger partial charge in [-0.05, 0) is 71.3 Å². The summed E-state index contributed by atoms with van der Waals surface area (Å²) in [5, 5.41) is 23.7. The van der Waals surface area contributed by atoms with Crippen LogP contribution in [0.2, 0.25) is 5.02 Å². The molecule has 0 aliphatic heterocycles. The number of halogens is 2. The van der Waals surface area contributed by atoms with Crippen LogP contribution in [0.5, 0.6) is 0 Å². The van der Waals surface area contributed by atoms with Gasteiger partial charge in [0, 0.05) is 17.6 Å². The van der Waals surface area contributed by atoms with Crippen LogP contribution in [0, 0.1) is 5.82 Å². The van der Waals surface area contributed by atoms with Gasteiger partial charge in [0.1, 0.15) is 5.82 Å². The first-order valence-corrected chi connectivity index (χ1v) is 10.6. The molecular formula is C25H23ClFNO3. The van der Waals surface area contributed by atoms with Gasteiger partial charge in [-0.1, -0.05) is 48.0 Å². The van der Waals surface area contributed by atoms with Crippen molar-refractivity contribution in [1.29, 1.82) is 0 Å². The molecule has 4 nitrogen and oxygen atoms in total. The third-order valence-electron chi connectivity index (χ3n) is 5.82. The van der Waals surface area contributed by atoms with Crippen molar-refractivity contribution in [3.05, 3.63) is 93.8 Å². The third kappa shape index (κ3) is 4.96. The summed E-state index contributed by atoms with van der Waals surface area (Å²) >= 11 is 5.91. The molecule has 3 N–H and O–H groups in total. The molecule has 1 aliphatic rings. The fourth-order valence-electron chi connectivity index (χ4n) is 4.06. The summed E-state index contributed by atoms with van der Waals surface area (Å²) in [6, 6.07) is 17.7. The molecule has 1 aliphatic carbocycles. The molecule has 4 rings (SSSR count). The van der Waals surface area contributed by atoms with E-state index in [0.29, 0.717) is 17.1 Å². The van der Waals surface area contributed by atoms with E-state index < -0.39 is 17.9 Å². The Labute approximate surface area is 185 Å². The Kier molecular flexibility index (Phi) is 6.37. The molecule has 0 aromatic heterocycles. The zero-order valence-electron chi connectivity index (χ0n) is 16.8. The maximum absolute atomic E-state index is 13.7. The molecule has 2 atom stereocenters. The van der Waals surface area contributed by atoms with Gasteiger partial charge in [0.25, 0.3) is 0 Å². The summed E-state index contributed by atoms with van der Waals surface area (Å²) in [6.07, 6.45) is 2.09. The van der Waals surface area contributed by atoms with Gasteiger partial charge < -0.3 is 15.5 Å². The number of carboxylic acid groups (broad SMARTS) is 1. The highest BCUT2D eigenvalue weighted by atomic mass is 35.5. The van der Waals surface area contributed by atoms with E-state index >= 15 is 0 Å². The molecule has 0 fully saturated rings. The summed E-state index contributed by atoms with van der Waals surface area (Å²) in [5.41, 5.74) is 4.48. The molecule has 0 saturated heterocycles. The van der Waals surface area contributed by atoms with Crippen LogP contribution in [0.3, 0.4) is 0 Å². The average molecular weight is 440 g/mol. The Bertz CT molecular complexity index is 1100. The quantitative estimate of drug-likeness (QED) is 0.504. The largest absolute Gasteiger partial charge is 0.478 e. The Balaban J connectivity index is 1.46. The summed E-state index contributed by atoms with van der Waals surface area (Å²) < 4.78 is 13.7. The van der Waals surface area contributed by atoms with E-state index in [1.165, 1.54) is 23.3 Å². The molecule has 3 aromatic carbocycles. The topological polar surface area (TPSA) is 69.6 Å². The van der Waals surface area contributed by atoms with Gasteiger partial charge in [-0.2, -0.15) is 0 Å². The van der Waals surface area contributed by atoms with Gasteiger partial charge in [-0.15, -0.1) is 0 Å². The number of aliphatic hydroxyl groups is 1. The van der Waals surface area contributed by atoms with Crippen molar-refractivity contribution in [1.82, 2.24) is 5.32 Å². The normalized spacial score (nSPS) is 16.5. The van der Waals surface area contributed by atoms with Crippen LogP contribution in [0.4, 0.5) is 4.39 Å². The van der Waals surface area contributed by atoms with Crippen LogP contribution in [0.15, 0.2) is 60.7 Å². The van der Waals surface area contributed by atoms with Gasteiger partial charge in [0.2, 0.25) is 0 Å². The fraction of sp³-hybridized carbons (Fsp3) is 0.240. The highest BCUT2D eigenvalue weighted by Gasteiger charge is 2.20. The minimum atomic E-state index is -1.28. The predicted octanol–water partition coefficient (Wildman–Crippen LogP) is 5.02. The number of hydrogen-bond donors (Lipinski definition) is 3. The molecule has 0 bridgehead atoms. The first-order valence-electron chi connectivity index (χ1n) is 10.2. The lowest BCUT2D eigenvalue weighted by Crippen LogP contribution is -2.37. The number of carboxylic acids is 1. The molecular weight excluding hydrogens is 417 g/mol. The van der Waals surface area contributed by atoms with Gasteiger partial charge >= 0.3 is 5.97 Å². The van der Waals surface area contributed by atoms with Gasteiger partial charge in [0.05, 0.1) is 11.7 Å². The number of aryl methyl sites for hydroxylation is 1. The third-order valence-corrected chi connectivity index (χ3v) is 6.07. The molecule has 0 amide bonds. The Morgan fingerprint density at radius 2 is 1.77 bits per heavy atom. The second-order valence-electron chi connectivity index (χ2n) is 7.90. The number of fused-ring (bicyclic) bond motifs is 1. The first-order chi connectivity index (χ1) is 14.9. The minimum Gasteiger partial charge on any atom is -0.478 e. The molecule has 6 heteroatoms. The van der Waals surface area contributed by atoms with E-state index in [1.54, 1.807) is 18.2 Å². The van der Waals surface area contributed by atoms with Crippen LogP contribution >= 0.6 is 11.6 Å². The van der Waals surface area contributed by atoms with Crippen LogP contribution in [0.25, 0.3) is 11.1 Å². The highest BCUT2D eigenvalue weighted by Crippen LogP contribution is 2.29. The maximum atomic E-state index is 13.7. The lowest BCUT2D eigenvalue weighted by atomic mass is 9.86. The van der Waals surface area contributed by atoms with Crippen molar-refractivity contribution in [2.24, 2.45) is 0 Å². The van der Waals surface area contributed by atoms with E-state index in [2.05, 4.69) is 17.4 Å². The van der Waals surface area contributed by atoms with Crippen molar-refractivity contribution in [3.8, 4) is 11.1 Å². The van der Waals surface area contributed by atoms with Crippen molar-refractivity contribution >= 4 is 17.6 Å². The highest BCUT2D eigenvalue weighted by molar-refractivity contribution is 6.30. The Morgan fingerprint density at radius 3 is 2.52 bits per heavy atom. The molecule has 0 heterocycles. The molecule has 0 saturated carbocycles. The molecule has 0 unspecified atom stereocenters. The SMILES string of the molecule is O=C(O)c1cc(-c2ccc3c(c2)C[C@@H](NC[C@@H](O)c2ccc(Cl)cc2)CC3)ccc1F. The van der Waals surface area contributed by atoms with Crippen molar-refractivity contribution in [2.45, 2.75) is 31.4 Å². The van der Waals surface area contributed by atoms with Gasteiger partial charge in [0.15, 0.2) is 0 Å². The van der Waals surface area contributed by atoms with Crippen LogP contribution in [-0.4, -0.2) is 28.8 Å². The number of carbonyl (C=O) groups is 1. The average Bonchev–Trinajstić information content (AvgIpc) is 2.77. The van der Waals surface area contributed by atoms with Crippen LogP contribution in [0.1, 0.15) is 39.6 Å². The number of nitrogens with one attached hydrogen (secondary N) is 1. The number of benzene rings is 3. The van der Waals surface area contributed by atoms with Crippen LogP contribution in [-0.2, 0) is 12.8 Å². The summed E-state index contributed by atoms with van der Waals surface area (Å²) in [6.45, 7) is 0.446. The Morgan fingerprint density at radius 1 is 1.06 bits per heavy atom. The van der Waals surface area contributed by atoms with Crippen molar-refractivity contribution in [2.75, 3.05) is 6.54 Å². The summed E-state index contributed by atoms with van der Waals surface area (Å²) in [7, 11) is 0. The maximum Gasteiger partial charge on any atom is 0.338 e. The Hall–Kier alpha value is -2.73. The van der Waals surface area contributed by atoms with Gasteiger partial charge in [-0.25, -0.2) is 9.18 Å². The molecule has 160 valence electrons. The number of aliphatic hydroxyl groups excluding tert-OH is 1. The monoisotopic (exact) mass is 439 g/mol. The lowest BCUT2D eigenvalue weighted by molar-refractivity contribution is 0.0692. The van der Waals surface area contributed by atoms with Crippen LogP contribution < -0.4 is 5.32 Å². The minimum absolute atomic E-state index is 0.229. The number of rotatable bonds is 6. The standard InChI is InChI=1S/C25H23ClFNO3/c26-20-7-3-16(4-8-20)24(29)14-28-21-9-5-15-1-2-17(11-19(15)12-21)18-6-10-23(27)22(13-18)25(30)31/h1-4,6-8,10-11,13,21,24,28-29H,5,9,12,14H2,(H,30,31)/t21-,24+/m0/s1. The van der Waals surface area contributed by atoms with E-state index in [0.717, 1.165) is 30.4 Å². The first kappa shape index (κ1) is 21.5. The second kappa shape index (κ2) is 9.18.